The average molecular weight is 337 g/mol. The summed E-state index contributed by atoms with van der Waals surface area (Å²) in [5, 5.41) is -0.709. The summed E-state index contributed by atoms with van der Waals surface area (Å²) in [5.74, 6) is -0.456. The van der Waals surface area contributed by atoms with Crippen LogP contribution in [0.15, 0.2) is 47.4 Å². The average Bonchev–Trinajstić information content (AvgIpc) is 2.49. The lowest BCUT2D eigenvalue weighted by Crippen LogP contribution is -2.27. The van der Waals surface area contributed by atoms with E-state index in [1.54, 1.807) is 24.3 Å². The van der Waals surface area contributed by atoms with Crippen LogP contribution in [0.2, 0.25) is 5.02 Å². The molecule has 116 valence electrons. The SMILES string of the molecule is Cc1ccc(S(=O)(=O)[C@H](C)C(=O)c2ccc(C)c(Cl)c2)cc1. The molecular weight excluding hydrogens is 320 g/mol. The van der Waals surface area contributed by atoms with E-state index >= 15 is 0 Å². The summed E-state index contributed by atoms with van der Waals surface area (Å²) in [5.41, 5.74) is 2.11. The van der Waals surface area contributed by atoms with Crippen LogP contribution in [-0.2, 0) is 9.84 Å². The van der Waals surface area contributed by atoms with Crippen molar-refractivity contribution in [2.45, 2.75) is 30.9 Å². The maximum atomic E-state index is 12.6. The van der Waals surface area contributed by atoms with E-state index in [1.165, 1.54) is 25.1 Å². The third-order valence-electron chi connectivity index (χ3n) is 3.64. The second-order valence-electron chi connectivity index (χ2n) is 5.33. The highest BCUT2D eigenvalue weighted by Crippen LogP contribution is 2.22. The monoisotopic (exact) mass is 336 g/mol. The molecule has 0 aromatic heterocycles. The summed E-state index contributed by atoms with van der Waals surface area (Å²) in [6, 6.07) is 11.3. The number of carbonyl (C=O) groups excluding carboxylic acids is 1. The van der Waals surface area contributed by atoms with Gasteiger partial charge in [-0.2, -0.15) is 0 Å². The van der Waals surface area contributed by atoms with E-state index in [0.29, 0.717) is 10.6 Å². The van der Waals surface area contributed by atoms with E-state index in [4.69, 9.17) is 11.6 Å². The Morgan fingerprint density at radius 1 is 1.05 bits per heavy atom. The zero-order chi connectivity index (χ0) is 16.5. The first kappa shape index (κ1) is 16.7. The first-order valence-corrected chi connectivity index (χ1v) is 8.77. The molecule has 0 spiro atoms. The number of Topliss-reactive ketones (excluding diaryl/α,β-unsaturated/α-hetero) is 1. The van der Waals surface area contributed by atoms with Gasteiger partial charge < -0.3 is 0 Å². The molecule has 2 aromatic rings. The largest absolute Gasteiger partial charge is 0.293 e. The maximum Gasteiger partial charge on any atom is 0.188 e. The van der Waals surface area contributed by atoms with Gasteiger partial charge >= 0.3 is 0 Å². The van der Waals surface area contributed by atoms with E-state index in [0.717, 1.165) is 11.1 Å². The Morgan fingerprint density at radius 2 is 1.64 bits per heavy atom. The lowest BCUT2D eigenvalue weighted by molar-refractivity contribution is 0.0991. The van der Waals surface area contributed by atoms with Crippen LogP contribution in [0.1, 0.15) is 28.4 Å². The molecule has 0 N–H and O–H groups in total. The van der Waals surface area contributed by atoms with Crippen LogP contribution in [0.25, 0.3) is 0 Å². The van der Waals surface area contributed by atoms with Gasteiger partial charge in [-0.15, -0.1) is 0 Å². The van der Waals surface area contributed by atoms with Crippen LogP contribution in [0.4, 0.5) is 0 Å². The molecule has 2 aromatic carbocycles. The quantitative estimate of drug-likeness (QED) is 0.793. The van der Waals surface area contributed by atoms with Gasteiger partial charge in [-0.1, -0.05) is 41.4 Å². The van der Waals surface area contributed by atoms with Crippen LogP contribution in [0, 0.1) is 13.8 Å². The second kappa shape index (κ2) is 6.23. The molecule has 3 nitrogen and oxygen atoms in total. The molecule has 0 unspecified atom stereocenters. The molecule has 0 fully saturated rings. The van der Waals surface area contributed by atoms with Gasteiger partial charge in [-0.25, -0.2) is 8.42 Å². The Bertz CT molecular complexity index is 808. The van der Waals surface area contributed by atoms with Crippen LogP contribution in [0.5, 0.6) is 0 Å². The van der Waals surface area contributed by atoms with Crippen LogP contribution in [-0.4, -0.2) is 19.5 Å². The number of aryl methyl sites for hydroxylation is 2. The summed E-state index contributed by atoms with van der Waals surface area (Å²) in [6.45, 7) is 5.10. The Labute approximate surface area is 135 Å². The Kier molecular flexibility index (Phi) is 4.73. The lowest BCUT2D eigenvalue weighted by Gasteiger charge is -2.13. The van der Waals surface area contributed by atoms with Gasteiger partial charge in [0.2, 0.25) is 0 Å². The maximum absolute atomic E-state index is 12.6. The number of sulfone groups is 1. The fourth-order valence-electron chi connectivity index (χ4n) is 2.05. The molecule has 0 heterocycles. The van der Waals surface area contributed by atoms with E-state index in [1.807, 2.05) is 13.8 Å². The topological polar surface area (TPSA) is 51.2 Å². The number of rotatable bonds is 4. The van der Waals surface area contributed by atoms with Crippen molar-refractivity contribution in [3.05, 3.63) is 64.2 Å². The fourth-order valence-corrected chi connectivity index (χ4v) is 3.58. The Hall–Kier alpha value is -1.65. The van der Waals surface area contributed by atoms with E-state index in [9.17, 15) is 13.2 Å². The van der Waals surface area contributed by atoms with Crippen molar-refractivity contribution in [3.8, 4) is 0 Å². The molecule has 0 aliphatic carbocycles. The standard InChI is InChI=1S/C17H17ClO3S/c1-11-4-8-15(9-5-11)22(20,21)13(3)17(19)14-7-6-12(2)16(18)10-14/h4-10,13H,1-3H3/t13-/m1/s1. The molecule has 0 saturated carbocycles. The first-order valence-electron chi connectivity index (χ1n) is 6.84. The zero-order valence-corrected chi connectivity index (χ0v) is 14.2. The summed E-state index contributed by atoms with van der Waals surface area (Å²) in [4.78, 5) is 12.6. The zero-order valence-electron chi connectivity index (χ0n) is 12.6. The minimum absolute atomic E-state index is 0.150. The Morgan fingerprint density at radius 3 is 2.18 bits per heavy atom. The number of benzene rings is 2. The summed E-state index contributed by atoms with van der Waals surface area (Å²) >= 11 is 6.01. The van der Waals surface area contributed by atoms with Crippen LogP contribution in [0.3, 0.4) is 0 Å². The summed E-state index contributed by atoms with van der Waals surface area (Å²) in [7, 11) is -3.72. The third kappa shape index (κ3) is 3.23. The van der Waals surface area contributed by atoms with Gasteiger partial charge in [-0.3, -0.25) is 4.79 Å². The molecule has 0 radical (unpaired) electrons. The van der Waals surface area contributed by atoms with Crippen molar-refractivity contribution in [2.24, 2.45) is 0 Å². The number of hydrogen-bond acceptors (Lipinski definition) is 3. The second-order valence-corrected chi connectivity index (χ2v) is 8.00. The molecular formula is C17H17ClO3S. The van der Waals surface area contributed by atoms with Gasteiger partial charge in [0.1, 0.15) is 5.25 Å². The molecule has 0 saturated heterocycles. The number of halogens is 1. The fraction of sp³-hybridized carbons (Fsp3) is 0.235. The van der Waals surface area contributed by atoms with Gasteiger partial charge in [0.25, 0.3) is 0 Å². The molecule has 0 bridgehead atoms. The van der Waals surface area contributed by atoms with Crippen molar-refractivity contribution < 1.29 is 13.2 Å². The van der Waals surface area contributed by atoms with E-state index in [2.05, 4.69) is 0 Å². The molecule has 22 heavy (non-hydrogen) atoms. The highest BCUT2D eigenvalue weighted by atomic mass is 35.5. The molecule has 5 heteroatoms. The highest BCUT2D eigenvalue weighted by Gasteiger charge is 2.30. The molecule has 1 atom stereocenters. The van der Waals surface area contributed by atoms with Crippen molar-refractivity contribution in [1.29, 1.82) is 0 Å². The van der Waals surface area contributed by atoms with Gasteiger partial charge in [0.15, 0.2) is 15.6 Å². The van der Waals surface area contributed by atoms with Crippen molar-refractivity contribution in [2.75, 3.05) is 0 Å². The molecule has 0 amide bonds. The van der Waals surface area contributed by atoms with E-state index in [-0.39, 0.29) is 4.90 Å². The van der Waals surface area contributed by atoms with Crippen molar-refractivity contribution in [3.63, 3.8) is 0 Å². The number of carbonyl (C=O) groups is 1. The van der Waals surface area contributed by atoms with Gasteiger partial charge in [0.05, 0.1) is 4.90 Å². The van der Waals surface area contributed by atoms with Crippen LogP contribution < -0.4 is 0 Å². The normalized spacial score (nSPS) is 12.9. The van der Waals surface area contributed by atoms with Crippen LogP contribution >= 0.6 is 11.6 Å². The summed E-state index contributed by atoms with van der Waals surface area (Å²) < 4.78 is 25.1. The number of ketones is 1. The third-order valence-corrected chi connectivity index (χ3v) is 6.12. The molecule has 0 aliphatic rings. The van der Waals surface area contributed by atoms with Gasteiger partial charge in [0, 0.05) is 10.6 Å². The first-order chi connectivity index (χ1) is 10.2. The lowest BCUT2D eigenvalue weighted by atomic mass is 10.1. The number of hydrogen-bond donors (Lipinski definition) is 0. The minimum Gasteiger partial charge on any atom is -0.293 e. The smallest absolute Gasteiger partial charge is 0.188 e. The van der Waals surface area contributed by atoms with Crippen molar-refractivity contribution >= 4 is 27.2 Å². The highest BCUT2D eigenvalue weighted by molar-refractivity contribution is 7.92. The Balaban J connectivity index is 2.37. The predicted molar refractivity (Wildman–Crippen MR) is 88.3 cm³/mol. The predicted octanol–water partition coefficient (Wildman–Crippen LogP) is 4.00. The minimum atomic E-state index is -3.72. The van der Waals surface area contributed by atoms with Crippen molar-refractivity contribution in [1.82, 2.24) is 0 Å². The molecule has 0 aliphatic heterocycles. The van der Waals surface area contributed by atoms with Gasteiger partial charge in [-0.05, 0) is 44.5 Å². The molecule has 2 rings (SSSR count). The van der Waals surface area contributed by atoms with E-state index < -0.39 is 20.9 Å². The summed E-state index contributed by atoms with van der Waals surface area (Å²) in [6.07, 6.45) is 0.